The van der Waals surface area contributed by atoms with Crippen molar-refractivity contribution in [1.29, 1.82) is 0 Å². The van der Waals surface area contributed by atoms with E-state index < -0.39 is 0 Å². The van der Waals surface area contributed by atoms with Crippen molar-refractivity contribution in [2.75, 3.05) is 0 Å². The molecule has 0 radical (unpaired) electrons. The summed E-state index contributed by atoms with van der Waals surface area (Å²) in [6, 6.07) is 0. The van der Waals surface area contributed by atoms with E-state index in [1.165, 1.54) is 64.2 Å². The highest BCUT2D eigenvalue weighted by atomic mass is 32.1. The fourth-order valence-corrected chi connectivity index (χ4v) is 2.55. The molecule has 0 saturated carbocycles. The van der Waals surface area contributed by atoms with E-state index in [0.717, 1.165) is 6.42 Å². The van der Waals surface area contributed by atoms with E-state index in [2.05, 4.69) is 36.9 Å². The van der Waals surface area contributed by atoms with Crippen LogP contribution in [0, 0.1) is 0 Å². The van der Waals surface area contributed by atoms with Crippen LogP contribution in [0.2, 0.25) is 0 Å². The molecule has 0 fully saturated rings. The van der Waals surface area contributed by atoms with Gasteiger partial charge in [0, 0.05) is 5.25 Å². The number of thiol groups is 1. The zero-order valence-corrected chi connectivity index (χ0v) is 12.0. The van der Waals surface area contributed by atoms with E-state index in [4.69, 9.17) is 0 Å². The minimum atomic E-state index is 0.578. The summed E-state index contributed by atoms with van der Waals surface area (Å²) < 4.78 is 0. The Morgan fingerprint density at radius 1 is 0.647 bits per heavy atom. The topological polar surface area (TPSA) is 0 Å². The van der Waals surface area contributed by atoms with Crippen LogP contribution in [0.3, 0.4) is 0 Å². The minimum absolute atomic E-state index is 0.578. The summed E-state index contributed by atoms with van der Waals surface area (Å²) in [6.07, 6.45) is 23.8. The molecule has 0 nitrogen and oxygen atoms in total. The fourth-order valence-electron chi connectivity index (χ4n) is 2.24. The van der Waals surface area contributed by atoms with Gasteiger partial charge < -0.3 is 0 Å². The van der Waals surface area contributed by atoms with Crippen molar-refractivity contribution in [1.82, 2.24) is 0 Å². The molecule has 0 bridgehead atoms. The lowest BCUT2D eigenvalue weighted by Gasteiger charge is -2.07. The summed E-state index contributed by atoms with van der Waals surface area (Å²) in [7, 11) is 0. The van der Waals surface area contributed by atoms with Gasteiger partial charge in [-0.25, -0.2) is 0 Å². The van der Waals surface area contributed by atoms with Crippen molar-refractivity contribution >= 4 is 12.6 Å². The average Bonchev–Trinajstić information content (AvgIpc) is 2.32. The van der Waals surface area contributed by atoms with Crippen LogP contribution >= 0.6 is 12.6 Å². The number of hydrogen-bond acceptors (Lipinski definition) is 1. The quantitative estimate of drug-likeness (QED) is 0.415. The molecule has 0 aliphatic heterocycles. The van der Waals surface area contributed by atoms with Gasteiger partial charge in [0.25, 0.3) is 0 Å². The van der Waals surface area contributed by atoms with Crippen molar-refractivity contribution in [3.63, 3.8) is 0 Å². The maximum atomic E-state index is 4.64. The van der Waals surface area contributed by atoms with Crippen LogP contribution in [0.5, 0.6) is 0 Å². The van der Waals surface area contributed by atoms with Crippen LogP contribution in [0.4, 0.5) is 0 Å². The zero-order chi connectivity index (χ0) is 12.2. The maximum absolute atomic E-state index is 4.64. The minimum Gasteiger partial charge on any atom is -0.176 e. The van der Waals surface area contributed by atoms with Gasteiger partial charge in [0.1, 0.15) is 0 Å². The van der Waals surface area contributed by atoms with Crippen LogP contribution in [0.15, 0.2) is 24.3 Å². The predicted octanol–water partition coefficient (Wildman–Crippen LogP) is 5.70. The molecule has 98 valence electrons. The molecule has 0 saturated heterocycles. The number of allylic oxidation sites excluding steroid dienone is 4. The lowest BCUT2D eigenvalue weighted by atomic mass is 10.1. The summed E-state index contributed by atoms with van der Waals surface area (Å²) in [6.45, 7) is 0. The standard InChI is InChI=1S/C16H28S/c17-16-14-12-10-8-6-4-2-1-3-5-7-9-11-13-15-16/h2,4,11,13,16-17H,1,3,5-10,12,14-15H2. The van der Waals surface area contributed by atoms with E-state index in [1.54, 1.807) is 0 Å². The molecule has 0 amide bonds. The monoisotopic (exact) mass is 252 g/mol. The Balaban J connectivity index is 2.23. The highest BCUT2D eigenvalue weighted by molar-refractivity contribution is 7.80. The van der Waals surface area contributed by atoms with Gasteiger partial charge in [-0.3, -0.25) is 0 Å². The van der Waals surface area contributed by atoms with Crippen LogP contribution in [0.1, 0.15) is 70.6 Å². The molecule has 1 heteroatoms. The van der Waals surface area contributed by atoms with Crippen LogP contribution in [-0.4, -0.2) is 5.25 Å². The fraction of sp³-hybridized carbons (Fsp3) is 0.750. The van der Waals surface area contributed by atoms with E-state index >= 15 is 0 Å². The molecule has 17 heavy (non-hydrogen) atoms. The Morgan fingerprint density at radius 3 is 1.82 bits per heavy atom. The first-order chi connectivity index (χ1) is 8.39. The molecule has 1 aliphatic rings. The SMILES string of the molecule is SC1CC=CCCCCCC=CCCCCC1. The molecule has 1 unspecified atom stereocenters. The van der Waals surface area contributed by atoms with Gasteiger partial charge in [-0.05, 0) is 51.4 Å². The number of rotatable bonds is 0. The molecule has 1 aliphatic carbocycles. The lowest BCUT2D eigenvalue weighted by molar-refractivity contribution is 0.629. The Morgan fingerprint density at radius 2 is 1.18 bits per heavy atom. The van der Waals surface area contributed by atoms with E-state index in [9.17, 15) is 0 Å². The normalized spacial score (nSPS) is 25.8. The summed E-state index contributed by atoms with van der Waals surface area (Å²) in [5.41, 5.74) is 0. The van der Waals surface area contributed by atoms with Gasteiger partial charge in [0.15, 0.2) is 0 Å². The first kappa shape index (κ1) is 14.9. The highest BCUT2D eigenvalue weighted by Gasteiger charge is 2.00. The highest BCUT2D eigenvalue weighted by Crippen LogP contribution is 2.15. The van der Waals surface area contributed by atoms with Gasteiger partial charge >= 0.3 is 0 Å². The summed E-state index contributed by atoms with van der Waals surface area (Å²) in [4.78, 5) is 0. The van der Waals surface area contributed by atoms with Crippen LogP contribution in [-0.2, 0) is 0 Å². The Bertz CT molecular complexity index is 218. The molecule has 0 heterocycles. The van der Waals surface area contributed by atoms with Gasteiger partial charge in [-0.1, -0.05) is 43.6 Å². The van der Waals surface area contributed by atoms with E-state index in [-0.39, 0.29) is 0 Å². The Kier molecular flexibility index (Phi) is 9.59. The Hall–Kier alpha value is -0.170. The molecule has 1 rings (SSSR count). The van der Waals surface area contributed by atoms with Gasteiger partial charge in [-0.2, -0.15) is 12.6 Å². The van der Waals surface area contributed by atoms with Crippen molar-refractivity contribution in [3.8, 4) is 0 Å². The third-order valence-electron chi connectivity index (χ3n) is 3.39. The first-order valence-corrected chi connectivity index (χ1v) is 7.89. The summed E-state index contributed by atoms with van der Waals surface area (Å²) in [5.74, 6) is 0. The molecule has 0 aromatic carbocycles. The van der Waals surface area contributed by atoms with Crippen LogP contribution in [0.25, 0.3) is 0 Å². The molecule has 0 aromatic rings. The van der Waals surface area contributed by atoms with Gasteiger partial charge in [0.05, 0.1) is 0 Å². The molecular weight excluding hydrogens is 224 g/mol. The van der Waals surface area contributed by atoms with Crippen molar-refractivity contribution in [3.05, 3.63) is 24.3 Å². The second kappa shape index (κ2) is 11.0. The smallest absolute Gasteiger partial charge is 0.00513 e. The van der Waals surface area contributed by atoms with E-state index in [0.29, 0.717) is 5.25 Å². The third-order valence-corrected chi connectivity index (χ3v) is 3.86. The molecular formula is C16H28S. The van der Waals surface area contributed by atoms with E-state index in [1.807, 2.05) is 0 Å². The largest absolute Gasteiger partial charge is 0.176 e. The summed E-state index contributed by atoms with van der Waals surface area (Å²) in [5, 5.41) is 0.578. The number of hydrogen-bond donors (Lipinski definition) is 1. The third kappa shape index (κ3) is 9.52. The predicted molar refractivity (Wildman–Crippen MR) is 81.8 cm³/mol. The second-order valence-corrected chi connectivity index (χ2v) is 5.84. The summed E-state index contributed by atoms with van der Waals surface area (Å²) >= 11 is 4.64. The zero-order valence-electron chi connectivity index (χ0n) is 11.1. The van der Waals surface area contributed by atoms with Crippen molar-refractivity contribution in [2.45, 2.75) is 75.9 Å². The lowest BCUT2D eigenvalue weighted by Crippen LogP contribution is -1.96. The average molecular weight is 252 g/mol. The molecule has 0 N–H and O–H groups in total. The maximum Gasteiger partial charge on any atom is 0.00513 e. The van der Waals surface area contributed by atoms with Crippen molar-refractivity contribution in [2.24, 2.45) is 0 Å². The molecule has 0 spiro atoms. The van der Waals surface area contributed by atoms with Gasteiger partial charge in [0.2, 0.25) is 0 Å². The molecule has 1 atom stereocenters. The molecule has 0 aromatic heterocycles. The van der Waals surface area contributed by atoms with Crippen molar-refractivity contribution < 1.29 is 0 Å². The Labute approximate surface area is 113 Å². The first-order valence-electron chi connectivity index (χ1n) is 7.37. The van der Waals surface area contributed by atoms with Crippen LogP contribution < -0.4 is 0 Å². The second-order valence-electron chi connectivity index (χ2n) is 5.11. The van der Waals surface area contributed by atoms with Gasteiger partial charge in [-0.15, -0.1) is 0 Å².